The second-order valence-electron chi connectivity index (χ2n) is 6.79. The van der Waals surface area contributed by atoms with Gasteiger partial charge >= 0.3 is 0 Å². The number of pyridine rings is 1. The van der Waals surface area contributed by atoms with Crippen molar-refractivity contribution in [1.29, 1.82) is 0 Å². The van der Waals surface area contributed by atoms with Gasteiger partial charge in [0.15, 0.2) is 0 Å². The average molecular weight is 399 g/mol. The summed E-state index contributed by atoms with van der Waals surface area (Å²) in [7, 11) is 1.76. The number of rotatable bonds is 3. The lowest BCUT2D eigenvalue weighted by Gasteiger charge is -2.34. The molecule has 0 unspecified atom stereocenters. The van der Waals surface area contributed by atoms with Crippen molar-refractivity contribution in [2.75, 3.05) is 24.6 Å². The van der Waals surface area contributed by atoms with Crippen LogP contribution in [-0.2, 0) is 11.8 Å². The van der Waals surface area contributed by atoms with Gasteiger partial charge in [0.1, 0.15) is 6.10 Å². The summed E-state index contributed by atoms with van der Waals surface area (Å²) in [6, 6.07) is 13.6. The molecule has 1 saturated heterocycles. The summed E-state index contributed by atoms with van der Waals surface area (Å²) >= 11 is 0. The SMILES string of the molecule is Cc1cccc([C@H]2CN(c3nc(-c4ccncc4)cc(=O)n3C)CCO2)c1.Cl. The molecule has 4 rings (SSSR count). The molecule has 6 nitrogen and oxygen atoms in total. The minimum absolute atomic E-state index is 0. The van der Waals surface area contributed by atoms with Crippen molar-refractivity contribution in [3.63, 3.8) is 0 Å². The molecule has 2 aromatic heterocycles. The lowest BCUT2D eigenvalue weighted by atomic mass is 10.1. The molecule has 3 heterocycles. The molecule has 28 heavy (non-hydrogen) atoms. The van der Waals surface area contributed by atoms with Gasteiger partial charge in [-0.1, -0.05) is 29.8 Å². The van der Waals surface area contributed by atoms with Crippen LogP contribution in [0.25, 0.3) is 11.3 Å². The largest absolute Gasteiger partial charge is 0.370 e. The Balaban J connectivity index is 0.00000225. The van der Waals surface area contributed by atoms with Crippen LogP contribution in [0.4, 0.5) is 5.95 Å². The number of aromatic nitrogens is 3. The molecule has 3 aromatic rings. The molecule has 0 bridgehead atoms. The molecule has 1 aromatic carbocycles. The smallest absolute Gasteiger partial charge is 0.255 e. The molecule has 1 fully saturated rings. The maximum Gasteiger partial charge on any atom is 0.255 e. The third-order valence-electron chi connectivity index (χ3n) is 4.85. The zero-order valence-corrected chi connectivity index (χ0v) is 16.7. The summed E-state index contributed by atoms with van der Waals surface area (Å²) in [5, 5.41) is 0. The summed E-state index contributed by atoms with van der Waals surface area (Å²) in [6.45, 7) is 4.02. The number of halogens is 1. The third-order valence-corrected chi connectivity index (χ3v) is 4.85. The minimum Gasteiger partial charge on any atom is -0.370 e. The topological polar surface area (TPSA) is 60.2 Å². The van der Waals surface area contributed by atoms with E-state index in [1.807, 2.05) is 18.2 Å². The molecule has 0 spiro atoms. The molecule has 1 atom stereocenters. The molecule has 7 heteroatoms. The lowest BCUT2D eigenvalue weighted by Crippen LogP contribution is -2.41. The molecular formula is C21H23ClN4O2. The van der Waals surface area contributed by atoms with Crippen molar-refractivity contribution in [2.45, 2.75) is 13.0 Å². The number of nitrogens with zero attached hydrogens (tertiary/aromatic N) is 4. The third kappa shape index (κ3) is 4.08. The van der Waals surface area contributed by atoms with Crippen molar-refractivity contribution < 1.29 is 4.74 Å². The van der Waals surface area contributed by atoms with E-state index in [2.05, 4.69) is 35.0 Å². The Morgan fingerprint density at radius 3 is 2.68 bits per heavy atom. The van der Waals surface area contributed by atoms with Crippen LogP contribution in [0.1, 0.15) is 17.2 Å². The minimum atomic E-state index is -0.0783. The summed E-state index contributed by atoms with van der Waals surface area (Å²) in [4.78, 5) is 23.5. The quantitative estimate of drug-likeness (QED) is 0.678. The van der Waals surface area contributed by atoms with E-state index in [0.29, 0.717) is 31.3 Å². The van der Waals surface area contributed by atoms with E-state index in [1.54, 1.807) is 30.1 Å². The van der Waals surface area contributed by atoms with Crippen molar-refractivity contribution in [3.8, 4) is 11.3 Å². The molecule has 0 saturated carbocycles. The van der Waals surface area contributed by atoms with Crippen LogP contribution in [0.15, 0.2) is 59.7 Å². The second kappa shape index (κ2) is 8.54. The van der Waals surface area contributed by atoms with Crippen molar-refractivity contribution in [2.24, 2.45) is 7.05 Å². The van der Waals surface area contributed by atoms with Gasteiger partial charge in [-0.3, -0.25) is 14.3 Å². The van der Waals surface area contributed by atoms with Gasteiger partial charge in [-0.05, 0) is 24.6 Å². The van der Waals surface area contributed by atoms with Crippen LogP contribution >= 0.6 is 12.4 Å². The number of anilines is 1. The van der Waals surface area contributed by atoms with Crippen molar-refractivity contribution >= 4 is 18.4 Å². The van der Waals surface area contributed by atoms with Gasteiger partial charge < -0.3 is 9.64 Å². The molecule has 0 N–H and O–H groups in total. The first-order valence-electron chi connectivity index (χ1n) is 9.03. The molecule has 0 aliphatic carbocycles. The summed E-state index contributed by atoms with van der Waals surface area (Å²) in [5.74, 6) is 0.662. The molecule has 1 aliphatic rings. The highest BCUT2D eigenvalue weighted by Gasteiger charge is 2.25. The van der Waals surface area contributed by atoms with E-state index in [4.69, 9.17) is 9.72 Å². The molecular weight excluding hydrogens is 376 g/mol. The van der Waals surface area contributed by atoms with Crippen LogP contribution < -0.4 is 10.5 Å². The van der Waals surface area contributed by atoms with Crippen LogP contribution in [0, 0.1) is 6.92 Å². The van der Waals surface area contributed by atoms with Crippen LogP contribution in [0.2, 0.25) is 0 Å². The first-order chi connectivity index (χ1) is 13.1. The van der Waals surface area contributed by atoms with Crippen LogP contribution in [0.5, 0.6) is 0 Å². The predicted octanol–water partition coefficient (Wildman–Crippen LogP) is 3.15. The highest BCUT2D eigenvalue weighted by Crippen LogP contribution is 2.26. The van der Waals surface area contributed by atoms with E-state index < -0.39 is 0 Å². The van der Waals surface area contributed by atoms with E-state index >= 15 is 0 Å². The zero-order chi connectivity index (χ0) is 18.8. The Hall–Kier alpha value is -2.70. The molecule has 146 valence electrons. The van der Waals surface area contributed by atoms with Gasteiger partial charge in [0.2, 0.25) is 5.95 Å². The zero-order valence-electron chi connectivity index (χ0n) is 15.9. The number of ether oxygens (including phenoxy) is 1. The first-order valence-corrected chi connectivity index (χ1v) is 9.03. The van der Waals surface area contributed by atoms with Gasteiger partial charge in [0, 0.05) is 37.6 Å². The fourth-order valence-corrected chi connectivity index (χ4v) is 3.38. The van der Waals surface area contributed by atoms with E-state index in [9.17, 15) is 4.79 Å². The van der Waals surface area contributed by atoms with Crippen LogP contribution in [-0.4, -0.2) is 34.2 Å². The van der Waals surface area contributed by atoms with Gasteiger partial charge in [0.25, 0.3) is 5.56 Å². The van der Waals surface area contributed by atoms with E-state index in [0.717, 1.165) is 11.1 Å². The van der Waals surface area contributed by atoms with E-state index in [-0.39, 0.29) is 24.1 Å². The Kier molecular flexibility index (Phi) is 6.11. The monoisotopic (exact) mass is 398 g/mol. The molecule has 1 aliphatic heterocycles. The highest BCUT2D eigenvalue weighted by molar-refractivity contribution is 5.85. The predicted molar refractivity (Wildman–Crippen MR) is 112 cm³/mol. The maximum atomic E-state index is 12.5. The summed E-state index contributed by atoms with van der Waals surface area (Å²) < 4.78 is 7.59. The number of hydrogen-bond acceptors (Lipinski definition) is 5. The van der Waals surface area contributed by atoms with Crippen molar-refractivity contribution in [3.05, 3.63) is 76.3 Å². The maximum absolute atomic E-state index is 12.5. The summed E-state index contributed by atoms with van der Waals surface area (Å²) in [6.07, 6.45) is 3.37. The number of aryl methyl sites for hydroxylation is 1. The Labute approximate surface area is 170 Å². The fourth-order valence-electron chi connectivity index (χ4n) is 3.38. The number of hydrogen-bond donors (Lipinski definition) is 0. The van der Waals surface area contributed by atoms with Gasteiger partial charge in [-0.2, -0.15) is 0 Å². The van der Waals surface area contributed by atoms with Gasteiger partial charge in [-0.25, -0.2) is 4.98 Å². The Morgan fingerprint density at radius 2 is 1.93 bits per heavy atom. The highest BCUT2D eigenvalue weighted by atomic mass is 35.5. The number of benzene rings is 1. The van der Waals surface area contributed by atoms with Crippen molar-refractivity contribution in [1.82, 2.24) is 14.5 Å². The normalized spacial score (nSPS) is 16.5. The Bertz CT molecular complexity index is 1010. The standard InChI is InChI=1S/C21H22N4O2.ClH/c1-15-4-3-5-17(12-15)19-14-25(10-11-27-19)21-23-18(13-20(26)24(21)2)16-6-8-22-9-7-16;/h3-9,12-13,19H,10-11,14H2,1-2H3;1H/t19-;/m1./s1. The Morgan fingerprint density at radius 1 is 1.14 bits per heavy atom. The van der Waals surface area contributed by atoms with Gasteiger partial charge in [-0.15, -0.1) is 12.4 Å². The summed E-state index contributed by atoms with van der Waals surface area (Å²) in [5.41, 5.74) is 3.82. The lowest BCUT2D eigenvalue weighted by molar-refractivity contribution is 0.0389. The molecule has 0 radical (unpaired) electrons. The fraction of sp³-hybridized carbons (Fsp3) is 0.286. The molecule has 0 amide bonds. The first kappa shape index (κ1) is 20.0. The van der Waals surface area contributed by atoms with Crippen LogP contribution in [0.3, 0.4) is 0 Å². The van der Waals surface area contributed by atoms with E-state index in [1.165, 1.54) is 5.56 Å². The second-order valence-corrected chi connectivity index (χ2v) is 6.79. The number of morpholine rings is 1. The van der Waals surface area contributed by atoms with Gasteiger partial charge in [0.05, 0.1) is 18.8 Å². The average Bonchev–Trinajstić information content (AvgIpc) is 2.71.